The second kappa shape index (κ2) is 12.2. The molecule has 0 heterocycles. The minimum Gasteiger partial charge on any atom is -0.480 e. The molecule has 0 aromatic heterocycles. The van der Waals surface area contributed by atoms with Crippen molar-refractivity contribution < 1.29 is 24.3 Å². The van der Waals surface area contributed by atoms with Crippen molar-refractivity contribution >= 4 is 23.7 Å². The number of rotatable bonds is 13. The molecule has 0 rings (SSSR count). The molecule has 10 nitrogen and oxygen atoms in total. The van der Waals surface area contributed by atoms with E-state index in [4.69, 9.17) is 17.2 Å². The minimum absolute atomic E-state index is 0.0487. The molecule has 9 N–H and O–H groups in total. The van der Waals surface area contributed by atoms with Gasteiger partial charge in [-0.1, -0.05) is 20.3 Å². The Morgan fingerprint density at radius 3 is 2.08 bits per heavy atom. The number of carboxylic acids is 1. The van der Waals surface area contributed by atoms with Gasteiger partial charge in [-0.05, 0) is 31.7 Å². The van der Waals surface area contributed by atoms with Gasteiger partial charge in [0.2, 0.25) is 17.7 Å². The van der Waals surface area contributed by atoms with E-state index in [1.54, 1.807) is 13.8 Å². The summed E-state index contributed by atoms with van der Waals surface area (Å²) in [7, 11) is 0. The molecule has 0 saturated carbocycles. The average Bonchev–Trinajstić information content (AvgIpc) is 2.55. The lowest BCUT2D eigenvalue weighted by molar-refractivity contribution is -0.143. The summed E-state index contributed by atoms with van der Waals surface area (Å²) in [4.78, 5) is 46.8. The summed E-state index contributed by atoms with van der Waals surface area (Å²) < 4.78 is 0. The Hall–Kier alpha value is -2.20. The summed E-state index contributed by atoms with van der Waals surface area (Å²) in [5.74, 6) is -3.44. The van der Waals surface area contributed by atoms with Crippen LogP contribution in [0.2, 0.25) is 0 Å². The first-order valence-electron chi connectivity index (χ1n) is 8.67. The first kappa shape index (κ1) is 23.8. The predicted molar refractivity (Wildman–Crippen MR) is 95.6 cm³/mol. The number of aliphatic carboxylic acids is 1. The van der Waals surface area contributed by atoms with Crippen LogP contribution in [0, 0.1) is 5.92 Å². The van der Waals surface area contributed by atoms with E-state index in [1.165, 1.54) is 0 Å². The number of hydrogen-bond acceptors (Lipinski definition) is 6. The lowest BCUT2D eigenvalue weighted by Crippen LogP contribution is -2.55. The van der Waals surface area contributed by atoms with Crippen LogP contribution in [-0.2, 0) is 19.2 Å². The van der Waals surface area contributed by atoms with Crippen LogP contribution in [0.3, 0.4) is 0 Å². The fraction of sp³-hybridized carbons (Fsp3) is 0.750. The molecule has 0 aromatic rings. The fourth-order valence-corrected chi connectivity index (χ4v) is 2.24. The van der Waals surface area contributed by atoms with Crippen LogP contribution in [0.25, 0.3) is 0 Å². The third kappa shape index (κ3) is 9.33. The second-order valence-electron chi connectivity index (χ2n) is 6.53. The van der Waals surface area contributed by atoms with E-state index in [1.807, 2.05) is 0 Å². The highest BCUT2D eigenvalue weighted by Crippen LogP contribution is 2.06. The monoisotopic (exact) mass is 373 g/mol. The summed E-state index contributed by atoms with van der Waals surface area (Å²) in [6.45, 7) is 3.77. The van der Waals surface area contributed by atoms with Crippen molar-refractivity contribution in [1.29, 1.82) is 0 Å². The highest BCUT2D eigenvalue weighted by atomic mass is 16.4. The number of hydrogen-bond donors (Lipinski definition) is 6. The molecule has 0 aliphatic heterocycles. The van der Waals surface area contributed by atoms with E-state index >= 15 is 0 Å². The summed E-state index contributed by atoms with van der Waals surface area (Å²) >= 11 is 0. The lowest BCUT2D eigenvalue weighted by Gasteiger charge is -2.24. The Balaban J connectivity index is 4.97. The van der Waals surface area contributed by atoms with E-state index in [9.17, 15) is 24.3 Å². The number of unbranched alkanes of at least 4 members (excludes halogenated alkanes) is 1. The number of carbonyl (C=O) groups excluding carboxylic acids is 3. The number of primary amides is 1. The molecular formula is C16H31N5O5. The maximum absolute atomic E-state index is 12.4. The molecule has 0 radical (unpaired) electrons. The zero-order valence-electron chi connectivity index (χ0n) is 15.4. The molecule has 0 spiro atoms. The van der Waals surface area contributed by atoms with Crippen molar-refractivity contribution in [3.8, 4) is 0 Å². The number of carbonyl (C=O) groups is 4. The zero-order chi connectivity index (χ0) is 20.3. The molecular weight excluding hydrogens is 342 g/mol. The van der Waals surface area contributed by atoms with Gasteiger partial charge in [0.15, 0.2) is 0 Å². The SMILES string of the molecule is CC(C)[C@H](NC(=O)[C@H](CCC(N)=O)NC(=O)[C@@H](N)CCCCN)C(=O)O. The average molecular weight is 373 g/mol. The van der Waals surface area contributed by atoms with Crippen molar-refractivity contribution in [1.82, 2.24) is 10.6 Å². The third-order valence-corrected chi connectivity index (χ3v) is 3.85. The Morgan fingerprint density at radius 2 is 1.62 bits per heavy atom. The van der Waals surface area contributed by atoms with Crippen LogP contribution < -0.4 is 27.8 Å². The quantitative estimate of drug-likeness (QED) is 0.210. The van der Waals surface area contributed by atoms with Crippen LogP contribution in [-0.4, -0.2) is 53.5 Å². The maximum Gasteiger partial charge on any atom is 0.326 e. The molecule has 0 bridgehead atoms. The van der Waals surface area contributed by atoms with Gasteiger partial charge in [-0.2, -0.15) is 0 Å². The normalized spacial score (nSPS) is 14.3. The van der Waals surface area contributed by atoms with E-state index in [0.717, 1.165) is 6.42 Å². The van der Waals surface area contributed by atoms with Crippen LogP contribution in [0.5, 0.6) is 0 Å². The molecule has 0 unspecified atom stereocenters. The van der Waals surface area contributed by atoms with Gasteiger partial charge < -0.3 is 32.9 Å². The highest BCUT2D eigenvalue weighted by molar-refractivity contribution is 5.92. The van der Waals surface area contributed by atoms with Crippen LogP contribution in [0.4, 0.5) is 0 Å². The predicted octanol–water partition coefficient (Wildman–Crippen LogP) is -1.58. The molecule has 0 saturated heterocycles. The number of nitrogens with two attached hydrogens (primary N) is 3. The van der Waals surface area contributed by atoms with Crippen molar-refractivity contribution in [2.45, 2.75) is 64.1 Å². The standard InChI is InChI=1S/C16H31N5O5/c1-9(2)13(16(25)26)21-15(24)11(6-7-12(19)22)20-14(23)10(18)5-3-4-8-17/h9-11,13H,3-8,17-18H2,1-2H3,(H2,19,22)(H,20,23)(H,21,24)(H,25,26)/t10-,11-,13-/m0/s1. The van der Waals surface area contributed by atoms with Gasteiger partial charge >= 0.3 is 5.97 Å². The largest absolute Gasteiger partial charge is 0.480 e. The summed E-state index contributed by atoms with van der Waals surface area (Å²) in [6.07, 6.45) is 1.60. The first-order chi connectivity index (χ1) is 12.1. The van der Waals surface area contributed by atoms with Crippen LogP contribution in [0.1, 0.15) is 46.0 Å². The van der Waals surface area contributed by atoms with Gasteiger partial charge in [0.1, 0.15) is 12.1 Å². The van der Waals surface area contributed by atoms with Crippen molar-refractivity contribution in [3.05, 3.63) is 0 Å². The van der Waals surface area contributed by atoms with E-state index in [-0.39, 0.29) is 18.8 Å². The molecule has 3 atom stereocenters. The Labute approximate surface area is 153 Å². The lowest BCUT2D eigenvalue weighted by atomic mass is 10.0. The van der Waals surface area contributed by atoms with E-state index in [2.05, 4.69) is 10.6 Å². The number of nitrogens with one attached hydrogen (secondary N) is 2. The molecule has 0 aromatic carbocycles. The van der Waals surface area contributed by atoms with Gasteiger partial charge in [0.25, 0.3) is 0 Å². The molecule has 3 amide bonds. The van der Waals surface area contributed by atoms with Gasteiger partial charge in [-0.3, -0.25) is 14.4 Å². The first-order valence-corrected chi connectivity index (χ1v) is 8.67. The molecule has 0 fully saturated rings. The fourth-order valence-electron chi connectivity index (χ4n) is 2.24. The molecule has 150 valence electrons. The van der Waals surface area contributed by atoms with Crippen molar-refractivity contribution in [3.63, 3.8) is 0 Å². The van der Waals surface area contributed by atoms with Crippen molar-refractivity contribution in [2.75, 3.05) is 6.54 Å². The Kier molecular flexibility index (Phi) is 11.2. The van der Waals surface area contributed by atoms with Crippen LogP contribution >= 0.6 is 0 Å². The van der Waals surface area contributed by atoms with Crippen LogP contribution in [0.15, 0.2) is 0 Å². The van der Waals surface area contributed by atoms with Crippen molar-refractivity contribution in [2.24, 2.45) is 23.1 Å². The Bertz CT molecular complexity index is 497. The smallest absolute Gasteiger partial charge is 0.326 e. The summed E-state index contributed by atoms with van der Waals surface area (Å²) in [5.41, 5.74) is 16.3. The summed E-state index contributed by atoms with van der Waals surface area (Å²) in [6, 6.07) is -3.05. The second-order valence-corrected chi connectivity index (χ2v) is 6.53. The van der Waals surface area contributed by atoms with E-state index in [0.29, 0.717) is 19.4 Å². The maximum atomic E-state index is 12.4. The van der Waals surface area contributed by atoms with Gasteiger partial charge in [0.05, 0.1) is 6.04 Å². The molecule has 26 heavy (non-hydrogen) atoms. The number of carboxylic acid groups (broad SMARTS) is 1. The molecule has 0 aliphatic carbocycles. The molecule has 10 heteroatoms. The molecule has 0 aliphatic rings. The minimum atomic E-state index is -1.19. The Morgan fingerprint density at radius 1 is 1.00 bits per heavy atom. The van der Waals surface area contributed by atoms with Gasteiger partial charge in [-0.15, -0.1) is 0 Å². The third-order valence-electron chi connectivity index (χ3n) is 3.85. The topological polar surface area (TPSA) is 191 Å². The van der Waals surface area contributed by atoms with Gasteiger partial charge in [0, 0.05) is 6.42 Å². The summed E-state index contributed by atoms with van der Waals surface area (Å²) in [5, 5.41) is 14.0. The van der Waals surface area contributed by atoms with Gasteiger partial charge in [-0.25, -0.2) is 4.79 Å². The highest BCUT2D eigenvalue weighted by Gasteiger charge is 2.29. The van der Waals surface area contributed by atoms with E-state index < -0.39 is 41.8 Å². The zero-order valence-corrected chi connectivity index (χ0v) is 15.4. The number of amides is 3.